The predicted molar refractivity (Wildman–Crippen MR) is 51.3 cm³/mol. The van der Waals surface area contributed by atoms with Crippen molar-refractivity contribution in [2.24, 2.45) is 0 Å². The molecule has 0 saturated carbocycles. The predicted octanol–water partition coefficient (Wildman–Crippen LogP) is -2.27. The molecule has 9 heteroatoms. The van der Waals surface area contributed by atoms with Crippen molar-refractivity contribution < 1.29 is 16.8 Å². The summed E-state index contributed by atoms with van der Waals surface area (Å²) in [6.45, 7) is 1.66. The Balaban J connectivity index is 0.000000140. The summed E-state index contributed by atoms with van der Waals surface area (Å²) in [6, 6.07) is 0. The van der Waals surface area contributed by atoms with E-state index in [2.05, 4.69) is 14.2 Å². The van der Waals surface area contributed by atoms with Gasteiger partial charge in [0.2, 0.25) is 10.0 Å². The molecule has 2 aliphatic rings. The zero-order chi connectivity index (χ0) is 10.7. The Bertz CT molecular complexity index is 312. The Morgan fingerprint density at radius 2 is 1.36 bits per heavy atom. The van der Waals surface area contributed by atoms with Crippen LogP contribution >= 0.6 is 0 Å². The summed E-state index contributed by atoms with van der Waals surface area (Å²) in [5.41, 5.74) is 0. The minimum absolute atomic E-state index is 0.312. The van der Waals surface area contributed by atoms with Crippen molar-refractivity contribution >= 4 is 20.2 Å². The molecule has 14 heavy (non-hydrogen) atoms. The molecule has 0 unspecified atom stereocenters. The fraction of sp³-hybridized carbons (Fsp3) is 1.00. The molecule has 84 valence electrons. The molecule has 0 bridgehead atoms. The van der Waals surface area contributed by atoms with Crippen molar-refractivity contribution in [1.82, 2.24) is 14.2 Å². The highest BCUT2D eigenvalue weighted by atomic mass is 32.2. The Labute approximate surface area is 83.5 Å². The van der Waals surface area contributed by atoms with Crippen molar-refractivity contribution in [3.63, 3.8) is 0 Å². The van der Waals surface area contributed by atoms with Crippen molar-refractivity contribution in [3.05, 3.63) is 0 Å². The second kappa shape index (κ2) is 4.53. The lowest BCUT2D eigenvalue weighted by Gasteiger charge is -1.85. The number of hydrogen-bond donors (Lipinski definition) is 3. The summed E-state index contributed by atoms with van der Waals surface area (Å²) in [5.74, 6) is 0.312. The zero-order valence-electron chi connectivity index (χ0n) is 7.49. The highest BCUT2D eigenvalue weighted by Crippen LogP contribution is 1.95. The van der Waals surface area contributed by atoms with Crippen molar-refractivity contribution in [1.29, 1.82) is 0 Å². The third-order valence-corrected chi connectivity index (χ3v) is 4.26. The topological polar surface area (TPSA) is 104 Å². The minimum Gasteiger partial charge on any atom is -0.215 e. The van der Waals surface area contributed by atoms with Gasteiger partial charge in [0.1, 0.15) is 0 Å². The van der Waals surface area contributed by atoms with Crippen LogP contribution in [0.4, 0.5) is 0 Å². The van der Waals surface area contributed by atoms with Crippen molar-refractivity contribution in [2.45, 2.75) is 6.42 Å². The molecule has 0 aromatic carbocycles. The second-order valence-electron chi connectivity index (χ2n) is 2.86. The average Bonchev–Trinajstić information content (AvgIpc) is 2.60. The average molecular weight is 243 g/mol. The Morgan fingerprint density at radius 3 is 1.50 bits per heavy atom. The van der Waals surface area contributed by atoms with Gasteiger partial charge in [-0.05, 0) is 6.42 Å². The van der Waals surface area contributed by atoms with Crippen LogP contribution < -0.4 is 14.2 Å². The highest BCUT2D eigenvalue weighted by Gasteiger charge is 2.14. The number of rotatable bonds is 0. The van der Waals surface area contributed by atoms with Crippen LogP contribution in [0.5, 0.6) is 0 Å². The SMILES string of the molecule is O=S1(=O)CCCN1.O=S1(=O)NCCN1. The molecule has 2 saturated heterocycles. The van der Waals surface area contributed by atoms with Gasteiger partial charge >= 0.3 is 0 Å². The third kappa shape index (κ3) is 4.33. The molecule has 0 aromatic heterocycles. The molecule has 2 fully saturated rings. The standard InChI is InChI=1S/C3H7NO2S.C2H6N2O2S/c2*5-7(6)3-1-2-4-7/h4H,1-3H2;3-4H,1-2H2. The van der Waals surface area contributed by atoms with E-state index < -0.39 is 20.2 Å². The largest absolute Gasteiger partial charge is 0.276 e. The van der Waals surface area contributed by atoms with E-state index >= 15 is 0 Å². The van der Waals surface area contributed by atoms with E-state index in [4.69, 9.17) is 0 Å². The quantitative estimate of drug-likeness (QED) is 0.446. The number of hydrogen-bond acceptors (Lipinski definition) is 4. The Kier molecular flexibility index (Phi) is 3.84. The summed E-state index contributed by atoms with van der Waals surface area (Å²) >= 11 is 0. The Morgan fingerprint density at radius 1 is 0.786 bits per heavy atom. The van der Waals surface area contributed by atoms with Gasteiger partial charge in [-0.15, -0.1) is 0 Å². The maximum Gasteiger partial charge on any atom is 0.276 e. The van der Waals surface area contributed by atoms with Crippen LogP contribution in [0.1, 0.15) is 6.42 Å². The van der Waals surface area contributed by atoms with Crippen LogP contribution in [0.15, 0.2) is 0 Å². The lowest BCUT2D eigenvalue weighted by Crippen LogP contribution is -2.22. The van der Waals surface area contributed by atoms with E-state index in [9.17, 15) is 16.8 Å². The molecule has 0 radical (unpaired) electrons. The molecule has 2 heterocycles. The van der Waals surface area contributed by atoms with Crippen LogP contribution in [0.25, 0.3) is 0 Å². The van der Waals surface area contributed by atoms with Crippen LogP contribution in [0, 0.1) is 0 Å². The molecule has 3 N–H and O–H groups in total. The first-order chi connectivity index (χ1) is 6.41. The monoisotopic (exact) mass is 243 g/mol. The van der Waals surface area contributed by atoms with Crippen LogP contribution in [-0.4, -0.2) is 42.2 Å². The molecule has 0 amide bonds. The first kappa shape index (κ1) is 11.9. The minimum atomic E-state index is -3.05. The van der Waals surface area contributed by atoms with E-state index in [0.29, 0.717) is 25.4 Å². The van der Waals surface area contributed by atoms with E-state index in [1.54, 1.807) is 0 Å². The lowest BCUT2D eigenvalue weighted by molar-refractivity contribution is 0.586. The van der Waals surface area contributed by atoms with E-state index in [1.807, 2.05) is 0 Å². The Hall–Kier alpha value is -0.220. The molecule has 2 rings (SSSR count). The van der Waals surface area contributed by atoms with Crippen LogP contribution in [0.3, 0.4) is 0 Å². The third-order valence-electron chi connectivity index (χ3n) is 1.62. The fourth-order valence-electron chi connectivity index (χ4n) is 0.984. The van der Waals surface area contributed by atoms with Gasteiger partial charge in [-0.3, -0.25) is 0 Å². The normalized spacial score (nSPS) is 28.0. The lowest BCUT2D eigenvalue weighted by atomic mass is 10.5. The van der Waals surface area contributed by atoms with Crippen molar-refractivity contribution in [2.75, 3.05) is 25.4 Å². The van der Waals surface area contributed by atoms with Gasteiger partial charge in [0.15, 0.2) is 0 Å². The van der Waals surface area contributed by atoms with Gasteiger partial charge < -0.3 is 0 Å². The van der Waals surface area contributed by atoms with Gasteiger partial charge in [0.05, 0.1) is 5.75 Å². The molecule has 0 aromatic rings. The second-order valence-corrected chi connectivity index (χ2v) is 6.37. The van der Waals surface area contributed by atoms with E-state index in [1.165, 1.54) is 0 Å². The van der Waals surface area contributed by atoms with Gasteiger partial charge in [-0.1, -0.05) is 0 Å². The molecule has 0 spiro atoms. The fourth-order valence-corrected chi connectivity index (χ4v) is 2.95. The summed E-state index contributed by atoms with van der Waals surface area (Å²) in [5, 5.41) is 0. The summed E-state index contributed by atoms with van der Waals surface area (Å²) < 4.78 is 47.9. The molecule has 7 nitrogen and oxygen atoms in total. The van der Waals surface area contributed by atoms with Gasteiger partial charge in [0, 0.05) is 19.6 Å². The molecule has 0 atom stereocenters. The van der Waals surface area contributed by atoms with Crippen LogP contribution in [-0.2, 0) is 20.2 Å². The highest BCUT2D eigenvalue weighted by molar-refractivity contribution is 7.89. The summed E-state index contributed by atoms with van der Waals surface area (Å²) in [7, 11) is -5.84. The molecular weight excluding hydrogens is 230 g/mol. The maximum absolute atomic E-state index is 10.3. The smallest absolute Gasteiger partial charge is 0.215 e. The van der Waals surface area contributed by atoms with E-state index in [-0.39, 0.29) is 0 Å². The molecule has 2 aliphatic heterocycles. The maximum atomic E-state index is 10.3. The van der Waals surface area contributed by atoms with Gasteiger partial charge in [-0.25, -0.2) is 22.6 Å². The summed E-state index contributed by atoms with van der Waals surface area (Å²) in [6.07, 6.45) is 0.766. The van der Waals surface area contributed by atoms with Crippen LogP contribution in [0.2, 0.25) is 0 Å². The van der Waals surface area contributed by atoms with Gasteiger partial charge in [-0.2, -0.15) is 8.42 Å². The number of sulfonamides is 1. The molecule has 0 aliphatic carbocycles. The zero-order valence-corrected chi connectivity index (χ0v) is 9.12. The first-order valence-electron chi connectivity index (χ1n) is 4.13. The van der Waals surface area contributed by atoms with E-state index in [0.717, 1.165) is 6.42 Å². The van der Waals surface area contributed by atoms with Gasteiger partial charge in [0.25, 0.3) is 10.2 Å². The van der Waals surface area contributed by atoms with Crippen molar-refractivity contribution in [3.8, 4) is 0 Å². The first-order valence-corrected chi connectivity index (χ1v) is 7.26. The molecular formula is C5H13N3O4S2. The number of nitrogens with one attached hydrogen (secondary N) is 3. The summed E-state index contributed by atoms with van der Waals surface area (Å²) in [4.78, 5) is 0.